The normalized spacial score (nSPS) is 28.0. The number of rotatable bonds is 6. The second-order valence-corrected chi connectivity index (χ2v) is 5.50. The average molecular weight is 347 g/mol. The predicted octanol–water partition coefficient (Wildman–Crippen LogP) is -2.60. The highest BCUT2D eigenvalue weighted by atomic mass is 19.1. The lowest BCUT2D eigenvalue weighted by Gasteiger charge is -2.18. The van der Waals surface area contributed by atoms with Gasteiger partial charge in [-0.3, -0.25) is 18.7 Å². The fraction of sp³-hybridized carbons (Fsp3) is 0.615. The van der Waals surface area contributed by atoms with Crippen molar-refractivity contribution in [1.82, 2.24) is 9.13 Å². The van der Waals surface area contributed by atoms with E-state index in [1.807, 2.05) is 0 Å². The number of hydrogen-bond donors (Lipinski definition) is 4. The van der Waals surface area contributed by atoms with Gasteiger partial charge in [0.25, 0.3) is 5.56 Å². The predicted molar refractivity (Wildman–Crippen MR) is 77.1 cm³/mol. The first kappa shape index (κ1) is 18.3. The standard InChI is InChI=1S/C13H18FN3O7/c14-10-11(22)7(5-18)24-12(10)16-2-1-8(19)17(13(16)23)4-6(15)3-9(20)21/h1-2,6-7,10-12,18,22H,3-5,15H2,(H,20,21)/t6-,7+,10-,11+,12+/m0/s1. The van der Waals surface area contributed by atoms with E-state index in [9.17, 15) is 23.9 Å². The molecule has 5 N–H and O–H groups in total. The van der Waals surface area contributed by atoms with Crippen LogP contribution in [0.25, 0.3) is 0 Å². The highest BCUT2D eigenvalue weighted by Crippen LogP contribution is 2.30. The number of aliphatic carboxylic acids is 1. The van der Waals surface area contributed by atoms with E-state index in [-0.39, 0.29) is 6.54 Å². The van der Waals surface area contributed by atoms with E-state index in [1.165, 1.54) is 0 Å². The van der Waals surface area contributed by atoms with E-state index in [0.717, 1.165) is 16.8 Å². The minimum absolute atomic E-state index is 0.375. The van der Waals surface area contributed by atoms with Crippen LogP contribution in [-0.4, -0.2) is 61.5 Å². The molecule has 134 valence electrons. The third kappa shape index (κ3) is 3.53. The van der Waals surface area contributed by atoms with Crippen LogP contribution in [0.4, 0.5) is 4.39 Å². The van der Waals surface area contributed by atoms with E-state index in [0.29, 0.717) is 4.57 Å². The molecule has 5 atom stereocenters. The highest BCUT2D eigenvalue weighted by Gasteiger charge is 2.45. The van der Waals surface area contributed by atoms with Gasteiger partial charge in [0.15, 0.2) is 12.4 Å². The van der Waals surface area contributed by atoms with E-state index < -0.39 is 60.9 Å². The molecule has 1 aliphatic heterocycles. The van der Waals surface area contributed by atoms with Crippen molar-refractivity contribution in [3.8, 4) is 0 Å². The molecule has 0 bridgehead atoms. The number of halogens is 1. The average Bonchev–Trinajstić information content (AvgIpc) is 2.79. The molecule has 0 saturated carbocycles. The summed E-state index contributed by atoms with van der Waals surface area (Å²) < 4.78 is 20.7. The minimum atomic E-state index is -1.99. The van der Waals surface area contributed by atoms with E-state index in [2.05, 4.69) is 0 Å². The Kier molecular flexibility index (Phi) is 5.49. The van der Waals surface area contributed by atoms with Gasteiger partial charge in [-0.2, -0.15) is 0 Å². The molecule has 0 spiro atoms. The van der Waals surface area contributed by atoms with Gasteiger partial charge in [0.1, 0.15) is 12.2 Å². The van der Waals surface area contributed by atoms with E-state index in [4.69, 9.17) is 20.7 Å². The van der Waals surface area contributed by atoms with Crippen LogP contribution in [0.5, 0.6) is 0 Å². The van der Waals surface area contributed by atoms with Gasteiger partial charge in [-0.25, -0.2) is 9.18 Å². The summed E-state index contributed by atoms with van der Waals surface area (Å²) in [5, 5.41) is 27.3. The number of carboxylic acids is 1. The Labute approximate surface area is 134 Å². The monoisotopic (exact) mass is 347 g/mol. The minimum Gasteiger partial charge on any atom is -0.481 e. The first-order chi connectivity index (χ1) is 11.3. The maximum Gasteiger partial charge on any atom is 0.333 e. The molecule has 10 nitrogen and oxygen atoms in total. The first-order valence-corrected chi connectivity index (χ1v) is 7.14. The van der Waals surface area contributed by atoms with Gasteiger partial charge in [-0.1, -0.05) is 0 Å². The van der Waals surface area contributed by atoms with Crippen LogP contribution in [0.15, 0.2) is 21.9 Å². The number of carboxylic acid groups (broad SMARTS) is 1. The zero-order chi connectivity index (χ0) is 18.0. The zero-order valence-corrected chi connectivity index (χ0v) is 12.5. The smallest absolute Gasteiger partial charge is 0.333 e. The quantitative estimate of drug-likeness (QED) is 0.436. The lowest BCUT2D eigenvalue weighted by molar-refractivity contribution is -0.137. The molecule has 11 heteroatoms. The molecule has 2 rings (SSSR count). The molecule has 2 heterocycles. The summed E-state index contributed by atoms with van der Waals surface area (Å²) in [4.78, 5) is 34.8. The van der Waals surface area contributed by atoms with Gasteiger partial charge >= 0.3 is 11.7 Å². The fourth-order valence-corrected chi connectivity index (χ4v) is 2.49. The van der Waals surface area contributed by atoms with Crippen molar-refractivity contribution in [3.05, 3.63) is 33.1 Å². The van der Waals surface area contributed by atoms with Crippen LogP contribution in [-0.2, 0) is 16.1 Å². The van der Waals surface area contributed by atoms with Crippen LogP contribution in [0.2, 0.25) is 0 Å². The number of carbonyl (C=O) groups is 1. The summed E-state index contributed by atoms with van der Waals surface area (Å²) in [5.74, 6) is -1.19. The van der Waals surface area contributed by atoms with Crippen molar-refractivity contribution in [1.29, 1.82) is 0 Å². The van der Waals surface area contributed by atoms with Crippen molar-refractivity contribution >= 4 is 5.97 Å². The Morgan fingerprint density at radius 2 is 2.12 bits per heavy atom. The maximum atomic E-state index is 14.1. The molecule has 0 unspecified atom stereocenters. The fourth-order valence-electron chi connectivity index (χ4n) is 2.49. The Morgan fingerprint density at radius 3 is 2.67 bits per heavy atom. The van der Waals surface area contributed by atoms with Gasteiger partial charge in [0, 0.05) is 24.8 Å². The molecule has 1 fully saturated rings. The number of aliphatic hydroxyl groups is 2. The number of aromatic nitrogens is 2. The molecule has 0 aromatic carbocycles. The molecule has 1 aromatic heterocycles. The topological polar surface area (TPSA) is 157 Å². The molecule has 24 heavy (non-hydrogen) atoms. The van der Waals surface area contributed by atoms with Crippen molar-refractivity contribution in [2.75, 3.05) is 6.61 Å². The lowest BCUT2D eigenvalue weighted by atomic mass is 10.1. The number of nitrogens with two attached hydrogens (primary N) is 1. The Bertz CT molecular complexity index is 718. The highest BCUT2D eigenvalue weighted by molar-refractivity contribution is 5.67. The number of alkyl halides is 1. The maximum absolute atomic E-state index is 14.1. The summed E-state index contributed by atoms with van der Waals surface area (Å²) in [6.45, 7) is -1.02. The second kappa shape index (κ2) is 7.21. The summed E-state index contributed by atoms with van der Waals surface area (Å²) in [6, 6.07) is -0.0194. The van der Waals surface area contributed by atoms with Crippen molar-refractivity contribution in [2.45, 2.75) is 43.6 Å². The first-order valence-electron chi connectivity index (χ1n) is 7.14. The van der Waals surface area contributed by atoms with Gasteiger partial charge in [-0.05, 0) is 0 Å². The van der Waals surface area contributed by atoms with Crippen molar-refractivity contribution < 1.29 is 29.2 Å². The summed E-state index contributed by atoms with van der Waals surface area (Å²) in [5.41, 5.74) is 3.89. The third-order valence-electron chi connectivity index (χ3n) is 3.70. The number of ether oxygens (including phenoxy) is 1. The van der Waals surface area contributed by atoms with Gasteiger partial charge in [-0.15, -0.1) is 0 Å². The Hall–Kier alpha value is -2.08. The van der Waals surface area contributed by atoms with Crippen LogP contribution in [0.3, 0.4) is 0 Å². The number of hydrogen-bond acceptors (Lipinski definition) is 7. The second-order valence-electron chi connectivity index (χ2n) is 5.50. The molecule has 1 aromatic rings. The van der Waals surface area contributed by atoms with E-state index in [1.54, 1.807) is 0 Å². The summed E-state index contributed by atoms with van der Waals surface area (Å²) in [6.07, 6.45) is -5.79. The van der Waals surface area contributed by atoms with E-state index >= 15 is 0 Å². The van der Waals surface area contributed by atoms with Crippen LogP contribution in [0, 0.1) is 0 Å². The Morgan fingerprint density at radius 1 is 1.46 bits per heavy atom. The van der Waals surface area contributed by atoms with Gasteiger partial charge in [0.05, 0.1) is 13.0 Å². The summed E-state index contributed by atoms with van der Waals surface area (Å²) in [7, 11) is 0. The van der Waals surface area contributed by atoms with Gasteiger partial charge < -0.3 is 25.8 Å². The molecule has 0 amide bonds. The van der Waals surface area contributed by atoms with Crippen LogP contribution >= 0.6 is 0 Å². The number of aliphatic hydroxyl groups excluding tert-OH is 2. The molecule has 1 saturated heterocycles. The SMILES string of the molecule is N[C@@H](CC(=O)O)Cn1c(=O)ccn([C@@H]2O[C@H](CO)[C@@H](O)[C@@H]2F)c1=O. The third-order valence-corrected chi connectivity index (χ3v) is 3.70. The van der Waals surface area contributed by atoms with Crippen molar-refractivity contribution in [2.24, 2.45) is 5.73 Å². The van der Waals surface area contributed by atoms with Gasteiger partial charge in [0.2, 0.25) is 0 Å². The molecule has 0 radical (unpaired) electrons. The lowest BCUT2D eigenvalue weighted by Crippen LogP contribution is -2.45. The van der Waals surface area contributed by atoms with Crippen LogP contribution in [0.1, 0.15) is 12.6 Å². The number of nitrogens with zero attached hydrogens (tertiary/aromatic N) is 2. The van der Waals surface area contributed by atoms with Crippen molar-refractivity contribution in [3.63, 3.8) is 0 Å². The summed E-state index contributed by atoms with van der Waals surface area (Å²) >= 11 is 0. The molecular weight excluding hydrogens is 329 g/mol. The molecular formula is C13H18FN3O7. The molecule has 0 aliphatic carbocycles. The molecule has 1 aliphatic rings. The largest absolute Gasteiger partial charge is 0.481 e. The Balaban J connectivity index is 2.34. The van der Waals surface area contributed by atoms with Crippen LogP contribution < -0.4 is 17.0 Å². The zero-order valence-electron chi connectivity index (χ0n) is 12.5.